The number of fused-ring (bicyclic) bond motifs is 1. The zero-order chi connectivity index (χ0) is 23.0. The number of rotatable bonds is 6. The van der Waals surface area contributed by atoms with Gasteiger partial charge in [0.2, 0.25) is 5.95 Å². The monoisotopic (exact) mass is 474 g/mol. The number of anilines is 2. The van der Waals surface area contributed by atoms with E-state index in [1.165, 1.54) is 6.07 Å². The van der Waals surface area contributed by atoms with E-state index < -0.39 is 11.7 Å². The molecule has 1 aromatic carbocycles. The number of aromatic nitrogens is 4. The highest BCUT2D eigenvalue weighted by Gasteiger charge is 2.30. The highest BCUT2D eigenvalue weighted by molar-refractivity contribution is 7.08. The van der Waals surface area contributed by atoms with Crippen molar-refractivity contribution >= 4 is 34.3 Å². The van der Waals surface area contributed by atoms with Gasteiger partial charge in [-0.3, -0.25) is 4.57 Å². The van der Waals surface area contributed by atoms with Crippen LogP contribution in [0.4, 0.5) is 24.9 Å². The molecule has 0 spiro atoms. The summed E-state index contributed by atoms with van der Waals surface area (Å²) in [6, 6.07) is 7.08. The number of aliphatic hydroxyl groups excluding tert-OH is 1. The minimum absolute atomic E-state index is 0.00180. The zero-order valence-electron chi connectivity index (χ0n) is 17.5. The number of nitrogens with one attached hydrogen (secondary N) is 1. The number of imidazole rings is 1. The van der Waals surface area contributed by atoms with Crippen LogP contribution in [0, 0.1) is 0 Å². The molecule has 0 bridgehead atoms. The van der Waals surface area contributed by atoms with E-state index in [4.69, 9.17) is 4.98 Å². The normalized spacial score (nSPS) is 16.6. The van der Waals surface area contributed by atoms with Gasteiger partial charge in [-0.05, 0) is 42.0 Å². The first kappa shape index (κ1) is 21.7. The van der Waals surface area contributed by atoms with E-state index in [1.807, 2.05) is 26.3 Å². The summed E-state index contributed by atoms with van der Waals surface area (Å²) in [5.41, 5.74) is 1.81. The fraction of sp³-hybridized carbons (Fsp3) is 0.318. The summed E-state index contributed by atoms with van der Waals surface area (Å²) in [4.78, 5) is 15.9. The molecule has 0 radical (unpaired) electrons. The van der Waals surface area contributed by atoms with Crippen LogP contribution in [0.1, 0.15) is 24.0 Å². The van der Waals surface area contributed by atoms with E-state index in [-0.39, 0.29) is 19.2 Å². The Labute approximate surface area is 191 Å². The number of hydrogen-bond donors (Lipinski definition) is 2. The van der Waals surface area contributed by atoms with Crippen LogP contribution in [0.3, 0.4) is 0 Å². The molecule has 1 fully saturated rings. The standard InChI is InChI=1S/C22H21F3N6OS/c23-22(24,25)15-4-1-3-14(9-15)10-26-19-18-20(31(13-27-18)17-6-8-33-12-17)29-21(28-19)30-7-2-5-16(30)11-32/h1,3-4,6,8-9,12-13,16,32H,2,5,7,10-11H2,(H,26,28,29). The Bertz CT molecular complexity index is 1260. The molecule has 0 saturated carbocycles. The lowest BCUT2D eigenvalue weighted by atomic mass is 10.1. The Balaban J connectivity index is 1.53. The van der Waals surface area contributed by atoms with Crippen LogP contribution < -0.4 is 10.2 Å². The predicted octanol–water partition coefficient (Wildman–Crippen LogP) is 4.47. The van der Waals surface area contributed by atoms with Crippen molar-refractivity contribution in [2.24, 2.45) is 0 Å². The van der Waals surface area contributed by atoms with Gasteiger partial charge in [-0.25, -0.2) is 4.98 Å². The Morgan fingerprint density at radius 1 is 1.21 bits per heavy atom. The maximum absolute atomic E-state index is 13.1. The average Bonchev–Trinajstić information content (AvgIpc) is 3.56. The molecule has 4 heterocycles. The van der Waals surface area contributed by atoms with E-state index in [1.54, 1.807) is 23.7 Å². The first-order chi connectivity index (χ1) is 15.9. The van der Waals surface area contributed by atoms with Crippen LogP contribution in [0.15, 0.2) is 47.4 Å². The van der Waals surface area contributed by atoms with Crippen LogP contribution in [-0.2, 0) is 12.7 Å². The van der Waals surface area contributed by atoms with Crippen LogP contribution in [0.5, 0.6) is 0 Å². The van der Waals surface area contributed by atoms with Gasteiger partial charge in [0.15, 0.2) is 17.0 Å². The summed E-state index contributed by atoms with van der Waals surface area (Å²) in [6.07, 6.45) is -0.980. The molecule has 33 heavy (non-hydrogen) atoms. The molecular formula is C22H21F3N6OS. The van der Waals surface area contributed by atoms with Gasteiger partial charge >= 0.3 is 6.18 Å². The number of thiophene rings is 1. The Morgan fingerprint density at radius 2 is 2.09 bits per heavy atom. The lowest BCUT2D eigenvalue weighted by molar-refractivity contribution is -0.137. The van der Waals surface area contributed by atoms with Crippen molar-refractivity contribution in [3.63, 3.8) is 0 Å². The van der Waals surface area contributed by atoms with Crippen LogP contribution in [-0.4, -0.2) is 43.8 Å². The zero-order valence-corrected chi connectivity index (χ0v) is 18.3. The van der Waals surface area contributed by atoms with Crippen molar-refractivity contribution < 1.29 is 18.3 Å². The van der Waals surface area contributed by atoms with Crippen LogP contribution >= 0.6 is 11.3 Å². The minimum Gasteiger partial charge on any atom is -0.394 e. The van der Waals surface area contributed by atoms with Crippen molar-refractivity contribution in [2.75, 3.05) is 23.4 Å². The maximum atomic E-state index is 13.1. The lowest BCUT2D eigenvalue weighted by Crippen LogP contribution is -2.33. The molecule has 2 N–H and O–H groups in total. The SMILES string of the molecule is OCC1CCCN1c1nc(NCc2cccc(C(F)(F)F)c2)c2ncn(-c3ccsc3)c2n1. The smallest absolute Gasteiger partial charge is 0.394 e. The van der Waals surface area contributed by atoms with Gasteiger partial charge in [0, 0.05) is 18.5 Å². The summed E-state index contributed by atoms with van der Waals surface area (Å²) in [5, 5.41) is 16.9. The molecule has 11 heteroatoms. The Kier molecular flexibility index (Phi) is 5.67. The molecule has 7 nitrogen and oxygen atoms in total. The lowest BCUT2D eigenvalue weighted by Gasteiger charge is -2.23. The molecule has 1 saturated heterocycles. The number of benzene rings is 1. The minimum atomic E-state index is -4.40. The van der Waals surface area contributed by atoms with Gasteiger partial charge in [-0.2, -0.15) is 34.5 Å². The molecule has 1 unspecified atom stereocenters. The third kappa shape index (κ3) is 4.25. The summed E-state index contributed by atoms with van der Waals surface area (Å²) in [5.74, 6) is 0.896. The van der Waals surface area contributed by atoms with Gasteiger partial charge in [0.05, 0.1) is 23.9 Å². The van der Waals surface area contributed by atoms with E-state index in [9.17, 15) is 18.3 Å². The molecule has 0 aliphatic carbocycles. The third-order valence-corrected chi connectivity index (χ3v) is 6.40. The number of alkyl halides is 3. The Hall–Kier alpha value is -3.18. The number of halogens is 3. The second kappa shape index (κ2) is 8.64. The first-order valence-electron chi connectivity index (χ1n) is 10.5. The summed E-state index contributed by atoms with van der Waals surface area (Å²) in [7, 11) is 0. The molecule has 1 aliphatic rings. The summed E-state index contributed by atoms with van der Waals surface area (Å²) in [6.45, 7) is 0.860. The number of nitrogens with zero attached hydrogens (tertiary/aromatic N) is 5. The molecular weight excluding hydrogens is 453 g/mol. The second-order valence-electron chi connectivity index (χ2n) is 7.86. The third-order valence-electron chi connectivity index (χ3n) is 5.73. The van der Waals surface area contributed by atoms with Crippen LogP contribution in [0.25, 0.3) is 16.9 Å². The fourth-order valence-corrected chi connectivity index (χ4v) is 4.68. The van der Waals surface area contributed by atoms with Crippen molar-refractivity contribution in [2.45, 2.75) is 31.6 Å². The van der Waals surface area contributed by atoms with Gasteiger partial charge in [-0.1, -0.05) is 12.1 Å². The average molecular weight is 475 g/mol. The van der Waals surface area contributed by atoms with E-state index in [0.29, 0.717) is 28.5 Å². The molecule has 5 rings (SSSR count). The Morgan fingerprint density at radius 3 is 2.85 bits per heavy atom. The molecule has 4 aromatic rings. The molecule has 1 atom stereocenters. The first-order valence-corrected chi connectivity index (χ1v) is 11.4. The highest BCUT2D eigenvalue weighted by Crippen LogP contribution is 2.31. The van der Waals surface area contributed by atoms with E-state index >= 15 is 0 Å². The largest absolute Gasteiger partial charge is 0.416 e. The second-order valence-corrected chi connectivity index (χ2v) is 8.64. The van der Waals surface area contributed by atoms with E-state index in [2.05, 4.69) is 15.3 Å². The van der Waals surface area contributed by atoms with Crippen molar-refractivity contribution in [3.8, 4) is 5.69 Å². The number of aliphatic hydroxyl groups is 1. The summed E-state index contributed by atoms with van der Waals surface area (Å²) < 4.78 is 41.1. The van der Waals surface area contributed by atoms with Crippen LogP contribution in [0.2, 0.25) is 0 Å². The number of hydrogen-bond acceptors (Lipinski definition) is 7. The van der Waals surface area contributed by atoms with Crippen molar-refractivity contribution in [1.82, 2.24) is 19.5 Å². The molecule has 1 aliphatic heterocycles. The predicted molar refractivity (Wildman–Crippen MR) is 121 cm³/mol. The van der Waals surface area contributed by atoms with E-state index in [0.717, 1.165) is 37.2 Å². The highest BCUT2D eigenvalue weighted by atomic mass is 32.1. The fourth-order valence-electron chi connectivity index (χ4n) is 4.06. The summed E-state index contributed by atoms with van der Waals surface area (Å²) >= 11 is 1.55. The van der Waals surface area contributed by atoms with Crippen molar-refractivity contribution in [3.05, 3.63) is 58.5 Å². The van der Waals surface area contributed by atoms with Gasteiger partial charge in [0.1, 0.15) is 6.33 Å². The quantitative estimate of drug-likeness (QED) is 0.429. The van der Waals surface area contributed by atoms with Gasteiger partial charge in [-0.15, -0.1) is 0 Å². The molecule has 0 amide bonds. The molecule has 172 valence electrons. The van der Waals surface area contributed by atoms with Gasteiger partial charge < -0.3 is 15.3 Å². The topological polar surface area (TPSA) is 79.1 Å². The maximum Gasteiger partial charge on any atom is 0.416 e. The van der Waals surface area contributed by atoms with Crippen molar-refractivity contribution in [1.29, 1.82) is 0 Å². The van der Waals surface area contributed by atoms with Gasteiger partial charge in [0.25, 0.3) is 0 Å². The molecule has 3 aromatic heterocycles.